The van der Waals surface area contributed by atoms with Gasteiger partial charge in [-0.15, -0.1) is 11.3 Å². The molecule has 5 rings (SSSR count). The second kappa shape index (κ2) is 10.8. The number of aromatic nitrogens is 1. The Kier molecular flexibility index (Phi) is 7.13. The number of hydrogen-bond donors (Lipinski definition) is 2. The standard InChI is InChI=1S/C27H18Cl2N4O2S/c28-19-10-12-23(29)22(14-19)25-13-11-21(35-25)15-30-33-26(34)18-8-6-17(7-9-18)24-16-36-27(32-24)31-20-4-2-1-3-5-20/h1-16H,(H,31,32)(H,33,34)/b30-15+. The fourth-order valence-corrected chi connectivity index (χ4v) is 4.50. The van der Waals surface area contributed by atoms with Crippen molar-refractivity contribution in [1.82, 2.24) is 10.4 Å². The summed E-state index contributed by atoms with van der Waals surface area (Å²) in [5.41, 5.74) is 6.38. The van der Waals surface area contributed by atoms with Crippen molar-refractivity contribution in [3.8, 4) is 22.6 Å². The van der Waals surface area contributed by atoms with E-state index < -0.39 is 0 Å². The van der Waals surface area contributed by atoms with E-state index in [-0.39, 0.29) is 5.91 Å². The van der Waals surface area contributed by atoms with Gasteiger partial charge in [0.25, 0.3) is 5.91 Å². The average Bonchev–Trinajstić information content (AvgIpc) is 3.56. The maximum absolute atomic E-state index is 12.5. The average molecular weight is 533 g/mol. The zero-order valence-electron chi connectivity index (χ0n) is 18.6. The summed E-state index contributed by atoms with van der Waals surface area (Å²) in [6.45, 7) is 0. The van der Waals surface area contributed by atoms with Crippen LogP contribution < -0.4 is 10.7 Å². The van der Waals surface area contributed by atoms with Crippen LogP contribution in [0.25, 0.3) is 22.6 Å². The van der Waals surface area contributed by atoms with E-state index in [1.807, 2.05) is 47.8 Å². The Morgan fingerprint density at radius 3 is 2.58 bits per heavy atom. The van der Waals surface area contributed by atoms with Crippen LogP contribution in [0.3, 0.4) is 0 Å². The number of hydrogen-bond acceptors (Lipinski definition) is 6. The molecule has 0 bridgehead atoms. The summed E-state index contributed by atoms with van der Waals surface area (Å²) in [7, 11) is 0. The van der Waals surface area contributed by atoms with Gasteiger partial charge in [0.2, 0.25) is 0 Å². The van der Waals surface area contributed by atoms with Gasteiger partial charge in [0, 0.05) is 32.8 Å². The van der Waals surface area contributed by atoms with Gasteiger partial charge >= 0.3 is 0 Å². The molecule has 0 saturated carbocycles. The van der Waals surface area contributed by atoms with Crippen molar-refractivity contribution in [2.75, 3.05) is 5.32 Å². The van der Waals surface area contributed by atoms with Crippen LogP contribution in [-0.4, -0.2) is 17.1 Å². The summed E-state index contributed by atoms with van der Waals surface area (Å²) in [5, 5.41) is 11.1. The molecular formula is C27H18Cl2N4O2S. The van der Waals surface area contributed by atoms with Crippen LogP contribution in [0.1, 0.15) is 16.1 Å². The van der Waals surface area contributed by atoms with Gasteiger partial charge in [-0.2, -0.15) is 5.10 Å². The number of benzene rings is 3. The first-order valence-electron chi connectivity index (χ1n) is 10.8. The molecule has 2 N–H and O–H groups in total. The summed E-state index contributed by atoms with van der Waals surface area (Å²) in [6, 6.07) is 25.7. The highest BCUT2D eigenvalue weighted by Crippen LogP contribution is 2.31. The molecule has 0 atom stereocenters. The molecule has 0 radical (unpaired) electrons. The van der Waals surface area contributed by atoms with Crippen LogP contribution in [0.5, 0.6) is 0 Å². The smallest absolute Gasteiger partial charge is 0.271 e. The highest BCUT2D eigenvalue weighted by molar-refractivity contribution is 7.14. The molecule has 0 aliphatic carbocycles. The Labute approximate surface area is 221 Å². The molecule has 3 aromatic carbocycles. The molecule has 0 unspecified atom stereocenters. The summed E-state index contributed by atoms with van der Waals surface area (Å²) in [6.07, 6.45) is 1.42. The third-order valence-corrected chi connectivity index (χ3v) is 6.47. The molecule has 0 saturated heterocycles. The van der Waals surface area contributed by atoms with Crippen LogP contribution in [0.4, 0.5) is 10.8 Å². The van der Waals surface area contributed by atoms with E-state index in [1.54, 1.807) is 42.5 Å². The van der Waals surface area contributed by atoms with E-state index in [9.17, 15) is 4.79 Å². The van der Waals surface area contributed by atoms with E-state index in [0.717, 1.165) is 22.1 Å². The monoisotopic (exact) mass is 532 g/mol. The van der Waals surface area contributed by atoms with Gasteiger partial charge in [-0.1, -0.05) is 53.5 Å². The number of hydrazone groups is 1. The van der Waals surface area contributed by atoms with E-state index >= 15 is 0 Å². The number of anilines is 2. The predicted octanol–water partition coefficient (Wildman–Crippen LogP) is 7.88. The Hall–Kier alpha value is -3.91. The lowest BCUT2D eigenvalue weighted by Crippen LogP contribution is -2.17. The van der Waals surface area contributed by atoms with Gasteiger partial charge in [-0.05, 0) is 54.6 Å². The van der Waals surface area contributed by atoms with Crippen molar-refractivity contribution in [2.24, 2.45) is 5.10 Å². The third-order valence-electron chi connectivity index (χ3n) is 5.15. The first kappa shape index (κ1) is 23.8. The Morgan fingerprint density at radius 1 is 0.972 bits per heavy atom. The van der Waals surface area contributed by atoms with E-state index in [4.69, 9.17) is 27.6 Å². The topological polar surface area (TPSA) is 79.5 Å². The highest BCUT2D eigenvalue weighted by atomic mass is 35.5. The minimum Gasteiger partial charge on any atom is -0.455 e. The van der Waals surface area contributed by atoms with Crippen molar-refractivity contribution in [1.29, 1.82) is 0 Å². The van der Waals surface area contributed by atoms with Crippen molar-refractivity contribution in [3.63, 3.8) is 0 Å². The molecule has 2 heterocycles. The molecule has 6 nitrogen and oxygen atoms in total. The summed E-state index contributed by atoms with van der Waals surface area (Å²) in [4.78, 5) is 17.1. The quantitative estimate of drug-likeness (QED) is 0.165. The molecule has 0 fully saturated rings. The first-order chi connectivity index (χ1) is 17.5. The molecule has 1 amide bonds. The van der Waals surface area contributed by atoms with Crippen molar-refractivity contribution >= 4 is 57.5 Å². The molecule has 0 aliphatic heterocycles. The normalized spacial score (nSPS) is 11.1. The molecule has 178 valence electrons. The number of halogens is 2. The first-order valence-corrected chi connectivity index (χ1v) is 12.5. The van der Waals surface area contributed by atoms with Crippen LogP contribution in [0, 0.1) is 0 Å². The minimum atomic E-state index is -0.341. The minimum absolute atomic E-state index is 0.341. The number of carbonyl (C=O) groups excluding carboxylic acids is 1. The Morgan fingerprint density at radius 2 is 1.78 bits per heavy atom. The third kappa shape index (κ3) is 5.66. The number of furan rings is 1. The highest BCUT2D eigenvalue weighted by Gasteiger charge is 2.10. The Balaban J connectivity index is 1.19. The second-order valence-electron chi connectivity index (χ2n) is 7.63. The number of nitrogens with zero attached hydrogens (tertiary/aromatic N) is 2. The molecule has 36 heavy (non-hydrogen) atoms. The number of carbonyl (C=O) groups is 1. The van der Waals surface area contributed by atoms with Crippen molar-refractivity contribution in [3.05, 3.63) is 112 Å². The van der Waals surface area contributed by atoms with E-state index in [1.165, 1.54) is 17.6 Å². The van der Waals surface area contributed by atoms with Gasteiger partial charge in [0.15, 0.2) is 5.13 Å². The lowest BCUT2D eigenvalue weighted by molar-refractivity contribution is 0.0955. The van der Waals surface area contributed by atoms with Gasteiger partial charge in [-0.25, -0.2) is 10.4 Å². The van der Waals surface area contributed by atoms with Gasteiger partial charge in [0.05, 0.1) is 16.9 Å². The summed E-state index contributed by atoms with van der Waals surface area (Å²) in [5.74, 6) is 0.669. The Bertz CT molecular complexity index is 1530. The predicted molar refractivity (Wildman–Crippen MR) is 146 cm³/mol. The lowest BCUT2D eigenvalue weighted by Gasteiger charge is -2.02. The zero-order chi connectivity index (χ0) is 24.9. The number of rotatable bonds is 7. The molecule has 0 aliphatic rings. The summed E-state index contributed by atoms with van der Waals surface area (Å²) >= 11 is 13.8. The molecule has 9 heteroatoms. The maximum Gasteiger partial charge on any atom is 0.271 e. The number of nitrogens with one attached hydrogen (secondary N) is 2. The van der Waals surface area contributed by atoms with Gasteiger partial charge in [0.1, 0.15) is 11.5 Å². The molecule has 5 aromatic rings. The van der Waals surface area contributed by atoms with Crippen LogP contribution >= 0.6 is 34.5 Å². The maximum atomic E-state index is 12.5. The van der Waals surface area contributed by atoms with Crippen molar-refractivity contribution < 1.29 is 9.21 Å². The number of thiazole rings is 1. The van der Waals surface area contributed by atoms with Gasteiger partial charge < -0.3 is 9.73 Å². The molecular weight excluding hydrogens is 515 g/mol. The fourth-order valence-electron chi connectivity index (χ4n) is 3.37. The van der Waals surface area contributed by atoms with Crippen LogP contribution in [0.2, 0.25) is 10.0 Å². The second-order valence-corrected chi connectivity index (χ2v) is 9.33. The van der Waals surface area contributed by atoms with Crippen molar-refractivity contribution in [2.45, 2.75) is 0 Å². The molecule has 0 spiro atoms. The molecule has 2 aromatic heterocycles. The fraction of sp³-hybridized carbons (Fsp3) is 0. The van der Waals surface area contributed by atoms with E-state index in [0.29, 0.717) is 32.7 Å². The van der Waals surface area contributed by atoms with Gasteiger partial charge in [-0.3, -0.25) is 4.79 Å². The number of para-hydroxylation sites is 1. The summed E-state index contributed by atoms with van der Waals surface area (Å²) < 4.78 is 5.74. The largest absolute Gasteiger partial charge is 0.455 e. The lowest BCUT2D eigenvalue weighted by atomic mass is 10.1. The SMILES string of the molecule is O=C(N/N=C/c1ccc(-c2cc(Cl)ccc2Cl)o1)c1ccc(-c2csc(Nc3ccccc3)n2)cc1. The zero-order valence-corrected chi connectivity index (χ0v) is 20.9. The van der Waals surface area contributed by atoms with Crippen LogP contribution in [-0.2, 0) is 0 Å². The van der Waals surface area contributed by atoms with Crippen LogP contribution in [0.15, 0.2) is 99.8 Å². The number of amides is 1. The van der Waals surface area contributed by atoms with E-state index in [2.05, 4.69) is 20.8 Å².